The van der Waals surface area contributed by atoms with E-state index in [0.717, 1.165) is 24.8 Å². The summed E-state index contributed by atoms with van der Waals surface area (Å²) in [5.41, 5.74) is 1.25. The first-order valence-electron chi connectivity index (χ1n) is 8.74. The summed E-state index contributed by atoms with van der Waals surface area (Å²) in [6.07, 6.45) is 9.30. The zero-order valence-corrected chi connectivity index (χ0v) is 13.6. The molecule has 0 amide bonds. The van der Waals surface area contributed by atoms with Gasteiger partial charge in [-0.15, -0.1) is 0 Å². The van der Waals surface area contributed by atoms with Crippen molar-refractivity contribution >= 4 is 0 Å². The fraction of sp³-hybridized carbons (Fsp3) is 0.684. The number of nitrogens with one attached hydrogen (secondary N) is 1. The Morgan fingerprint density at radius 3 is 2.57 bits per heavy atom. The molecule has 2 N–H and O–H groups in total. The van der Waals surface area contributed by atoms with Gasteiger partial charge < -0.3 is 10.4 Å². The Morgan fingerprint density at radius 2 is 1.95 bits per heavy atom. The van der Waals surface area contributed by atoms with Gasteiger partial charge in [-0.05, 0) is 55.3 Å². The van der Waals surface area contributed by atoms with Crippen LogP contribution < -0.4 is 5.32 Å². The summed E-state index contributed by atoms with van der Waals surface area (Å²) in [6.45, 7) is 5.52. The first-order chi connectivity index (χ1) is 10.2. The van der Waals surface area contributed by atoms with Crippen LogP contribution in [-0.2, 0) is 6.42 Å². The van der Waals surface area contributed by atoms with Crippen molar-refractivity contribution in [1.82, 2.24) is 5.32 Å². The molecule has 1 fully saturated rings. The molecule has 0 aromatic heterocycles. The highest BCUT2D eigenvalue weighted by molar-refractivity contribution is 5.27. The maximum Gasteiger partial charge on any atom is 0.115 e. The molecule has 21 heavy (non-hydrogen) atoms. The Kier molecular flexibility index (Phi) is 6.56. The summed E-state index contributed by atoms with van der Waals surface area (Å²) < 4.78 is 0. The Bertz CT molecular complexity index is 410. The average molecular weight is 289 g/mol. The molecule has 0 spiro atoms. The second-order valence-corrected chi connectivity index (χ2v) is 6.61. The fourth-order valence-electron chi connectivity index (χ4n) is 3.89. The standard InChI is InChI=1S/C19H31NO/c1-3-6-15-9-11-17(12-10-15)19(20-4-2)14-16-7-5-8-18(21)13-16/h5,7-8,13,15,17,19-21H,3-4,6,9-12,14H2,1-2H3. The summed E-state index contributed by atoms with van der Waals surface area (Å²) in [6, 6.07) is 8.30. The zero-order valence-electron chi connectivity index (χ0n) is 13.6. The minimum atomic E-state index is 0.384. The van der Waals surface area contributed by atoms with Gasteiger partial charge >= 0.3 is 0 Å². The van der Waals surface area contributed by atoms with Crippen LogP contribution in [0.5, 0.6) is 5.75 Å². The maximum absolute atomic E-state index is 9.64. The highest BCUT2D eigenvalue weighted by Crippen LogP contribution is 2.34. The van der Waals surface area contributed by atoms with Crippen molar-refractivity contribution in [2.24, 2.45) is 11.8 Å². The normalized spacial score (nSPS) is 23.9. The largest absolute Gasteiger partial charge is 0.508 e. The molecule has 1 atom stereocenters. The topological polar surface area (TPSA) is 32.3 Å². The third-order valence-corrected chi connectivity index (χ3v) is 4.99. The molecule has 1 aromatic rings. The number of rotatable bonds is 7. The van der Waals surface area contributed by atoms with Gasteiger partial charge in [-0.1, -0.05) is 51.7 Å². The van der Waals surface area contributed by atoms with E-state index in [-0.39, 0.29) is 0 Å². The first-order valence-corrected chi connectivity index (χ1v) is 8.74. The Hall–Kier alpha value is -1.02. The Morgan fingerprint density at radius 1 is 1.19 bits per heavy atom. The van der Waals surface area contributed by atoms with E-state index in [9.17, 15) is 5.11 Å². The second-order valence-electron chi connectivity index (χ2n) is 6.61. The summed E-state index contributed by atoms with van der Waals surface area (Å²) in [5, 5.41) is 13.3. The van der Waals surface area contributed by atoms with Crippen LogP contribution in [0.2, 0.25) is 0 Å². The summed E-state index contributed by atoms with van der Waals surface area (Å²) in [5.74, 6) is 2.14. The van der Waals surface area contributed by atoms with Gasteiger partial charge in [0, 0.05) is 6.04 Å². The van der Waals surface area contributed by atoms with Crippen molar-refractivity contribution in [3.63, 3.8) is 0 Å². The number of phenols is 1. The minimum absolute atomic E-state index is 0.384. The molecule has 2 heteroatoms. The van der Waals surface area contributed by atoms with Crippen LogP contribution >= 0.6 is 0 Å². The molecule has 0 bridgehead atoms. The fourth-order valence-corrected chi connectivity index (χ4v) is 3.89. The van der Waals surface area contributed by atoms with Gasteiger partial charge in [0.05, 0.1) is 0 Å². The molecule has 1 unspecified atom stereocenters. The van der Waals surface area contributed by atoms with E-state index in [1.165, 1.54) is 44.1 Å². The molecular weight excluding hydrogens is 258 g/mol. The monoisotopic (exact) mass is 289 g/mol. The summed E-state index contributed by atoms with van der Waals surface area (Å²) in [4.78, 5) is 0. The smallest absolute Gasteiger partial charge is 0.115 e. The van der Waals surface area contributed by atoms with E-state index in [0.29, 0.717) is 11.8 Å². The maximum atomic E-state index is 9.64. The van der Waals surface area contributed by atoms with E-state index < -0.39 is 0 Å². The minimum Gasteiger partial charge on any atom is -0.508 e. The number of hydrogen-bond donors (Lipinski definition) is 2. The lowest BCUT2D eigenvalue weighted by atomic mass is 9.76. The molecule has 1 saturated carbocycles. The van der Waals surface area contributed by atoms with E-state index in [2.05, 4.69) is 25.2 Å². The number of phenolic OH excluding ortho intramolecular Hbond substituents is 1. The lowest BCUT2D eigenvalue weighted by Gasteiger charge is -2.34. The highest BCUT2D eigenvalue weighted by atomic mass is 16.3. The van der Waals surface area contributed by atoms with Crippen molar-refractivity contribution in [3.05, 3.63) is 29.8 Å². The number of aromatic hydroxyl groups is 1. The second kappa shape index (κ2) is 8.43. The third kappa shape index (κ3) is 5.03. The molecule has 1 aliphatic carbocycles. The van der Waals surface area contributed by atoms with Gasteiger partial charge in [-0.25, -0.2) is 0 Å². The van der Waals surface area contributed by atoms with E-state index in [4.69, 9.17) is 0 Å². The molecule has 2 nitrogen and oxygen atoms in total. The van der Waals surface area contributed by atoms with Crippen molar-refractivity contribution < 1.29 is 5.11 Å². The van der Waals surface area contributed by atoms with Crippen LogP contribution in [0.25, 0.3) is 0 Å². The van der Waals surface area contributed by atoms with E-state index in [1.54, 1.807) is 6.07 Å². The van der Waals surface area contributed by atoms with Crippen molar-refractivity contribution in [2.45, 2.75) is 64.8 Å². The van der Waals surface area contributed by atoms with Crippen LogP contribution in [0, 0.1) is 11.8 Å². The number of likely N-dealkylation sites (N-methyl/N-ethyl adjacent to an activating group) is 1. The van der Waals surface area contributed by atoms with Crippen molar-refractivity contribution in [1.29, 1.82) is 0 Å². The molecule has 118 valence electrons. The van der Waals surface area contributed by atoms with Gasteiger partial charge in [0.25, 0.3) is 0 Å². The van der Waals surface area contributed by atoms with Crippen LogP contribution in [0.4, 0.5) is 0 Å². The summed E-state index contributed by atoms with van der Waals surface area (Å²) >= 11 is 0. The lowest BCUT2D eigenvalue weighted by Crippen LogP contribution is -2.39. The van der Waals surface area contributed by atoms with Gasteiger partial charge in [0.15, 0.2) is 0 Å². The molecule has 1 aliphatic rings. The molecule has 2 rings (SSSR count). The van der Waals surface area contributed by atoms with Crippen LogP contribution in [0.1, 0.15) is 57.9 Å². The molecular formula is C19H31NO. The van der Waals surface area contributed by atoms with Gasteiger partial charge in [0.2, 0.25) is 0 Å². The van der Waals surface area contributed by atoms with Crippen molar-refractivity contribution in [2.75, 3.05) is 6.54 Å². The highest BCUT2D eigenvalue weighted by Gasteiger charge is 2.26. The van der Waals surface area contributed by atoms with Crippen LogP contribution in [0.15, 0.2) is 24.3 Å². The molecule has 1 aromatic carbocycles. The zero-order chi connectivity index (χ0) is 15.1. The third-order valence-electron chi connectivity index (χ3n) is 4.99. The number of benzene rings is 1. The first kappa shape index (κ1) is 16.4. The SMILES string of the molecule is CCCC1CCC(C(Cc2cccc(O)c2)NCC)CC1. The van der Waals surface area contributed by atoms with Gasteiger partial charge in [-0.3, -0.25) is 0 Å². The molecule has 0 aliphatic heterocycles. The average Bonchev–Trinajstić information content (AvgIpc) is 2.48. The van der Waals surface area contributed by atoms with Gasteiger partial charge in [0.1, 0.15) is 5.75 Å². The van der Waals surface area contributed by atoms with Crippen LogP contribution in [-0.4, -0.2) is 17.7 Å². The van der Waals surface area contributed by atoms with E-state index in [1.807, 2.05) is 12.1 Å². The predicted molar refractivity (Wildman–Crippen MR) is 89.6 cm³/mol. The number of hydrogen-bond acceptors (Lipinski definition) is 2. The molecule has 0 heterocycles. The van der Waals surface area contributed by atoms with Gasteiger partial charge in [-0.2, -0.15) is 0 Å². The van der Waals surface area contributed by atoms with Crippen LogP contribution in [0.3, 0.4) is 0 Å². The summed E-state index contributed by atoms with van der Waals surface area (Å²) in [7, 11) is 0. The quantitative estimate of drug-likeness (QED) is 0.773. The molecule has 0 saturated heterocycles. The predicted octanol–water partition coefficient (Wildman–Crippen LogP) is 4.52. The Balaban J connectivity index is 1.93. The Labute approximate surface area is 130 Å². The van der Waals surface area contributed by atoms with E-state index >= 15 is 0 Å². The molecule has 0 radical (unpaired) electrons. The lowest BCUT2D eigenvalue weighted by molar-refractivity contribution is 0.213. The van der Waals surface area contributed by atoms with Crippen molar-refractivity contribution in [3.8, 4) is 5.75 Å².